The molecule has 7 nitrogen and oxygen atoms in total. The van der Waals surface area contributed by atoms with Crippen molar-refractivity contribution in [1.29, 1.82) is 0 Å². The molecule has 1 unspecified atom stereocenters. The van der Waals surface area contributed by atoms with Crippen LogP contribution in [-0.4, -0.2) is 55.8 Å². The van der Waals surface area contributed by atoms with Gasteiger partial charge in [-0.2, -0.15) is 0 Å². The van der Waals surface area contributed by atoms with Crippen molar-refractivity contribution in [3.05, 3.63) is 46.4 Å². The van der Waals surface area contributed by atoms with Gasteiger partial charge in [0.1, 0.15) is 11.7 Å². The van der Waals surface area contributed by atoms with Crippen molar-refractivity contribution in [2.45, 2.75) is 32.7 Å². The number of nitrogens with one attached hydrogen (secondary N) is 1. The topological polar surface area (TPSA) is 103 Å². The summed E-state index contributed by atoms with van der Waals surface area (Å²) in [6.45, 7) is 3.63. The minimum absolute atomic E-state index is 0.0288. The van der Waals surface area contributed by atoms with Gasteiger partial charge in [-0.3, -0.25) is 14.8 Å². The van der Waals surface area contributed by atoms with Crippen molar-refractivity contribution in [3.8, 4) is 0 Å². The fourth-order valence-corrected chi connectivity index (χ4v) is 2.77. The minimum Gasteiger partial charge on any atom is -0.399 e. The van der Waals surface area contributed by atoms with Gasteiger partial charge >= 0.3 is 0 Å². The lowest BCUT2D eigenvalue weighted by Crippen LogP contribution is -2.42. The maximum atomic E-state index is 14.8. The molecule has 0 saturated heterocycles. The van der Waals surface area contributed by atoms with Gasteiger partial charge in [-0.05, 0) is 12.0 Å². The van der Waals surface area contributed by atoms with Crippen LogP contribution in [-0.2, 0) is 10.7 Å². The third-order valence-electron chi connectivity index (χ3n) is 4.48. The molecule has 1 atom stereocenters. The summed E-state index contributed by atoms with van der Waals surface area (Å²) in [6.07, 6.45) is 0.425. The SMILES string of the molecule is CN=C(NC(=NC(c1ccc(C(C)(F)F)cc1F)C(C)C)C(C=O)=C(N)CO)N(C)C. The predicted octanol–water partition coefficient (Wildman–Crippen LogP) is 2.57. The Labute approximate surface area is 180 Å². The normalized spacial score (nSPS) is 14.9. The highest BCUT2D eigenvalue weighted by atomic mass is 19.3. The Balaban J connectivity index is 3.67. The summed E-state index contributed by atoms with van der Waals surface area (Å²) in [4.78, 5) is 21.9. The standard InChI is InChI=1S/C21H30F3N5O2/c1-12(2)18(14-8-7-13(9-16(14)22)21(3,23)24)27-19(15(10-30)17(25)11-31)28-20(26-4)29(5)6/h7-10,12,18,31H,11,25H2,1-6H3,(H,26,27,28). The molecule has 0 aromatic heterocycles. The van der Waals surface area contributed by atoms with Crippen LogP contribution in [0.15, 0.2) is 39.5 Å². The number of halogens is 3. The summed E-state index contributed by atoms with van der Waals surface area (Å²) in [5, 5.41) is 12.3. The van der Waals surface area contributed by atoms with Crippen LogP contribution >= 0.6 is 0 Å². The molecule has 10 heteroatoms. The number of aldehydes is 1. The summed E-state index contributed by atoms with van der Waals surface area (Å²) in [7, 11) is 4.93. The van der Waals surface area contributed by atoms with E-state index in [1.54, 1.807) is 32.8 Å². The first-order chi connectivity index (χ1) is 14.4. The molecule has 31 heavy (non-hydrogen) atoms. The van der Waals surface area contributed by atoms with Crippen LogP contribution in [0.4, 0.5) is 13.2 Å². The van der Waals surface area contributed by atoms with Crippen LogP contribution in [0, 0.1) is 11.7 Å². The average molecular weight is 441 g/mol. The third-order valence-corrected chi connectivity index (χ3v) is 4.48. The number of guanidine groups is 1. The maximum Gasteiger partial charge on any atom is 0.270 e. The Morgan fingerprint density at radius 2 is 1.97 bits per heavy atom. The molecule has 0 saturated carbocycles. The molecule has 4 N–H and O–H groups in total. The summed E-state index contributed by atoms with van der Waals surface area (Å²) in [6, 6.07) is 2.34. The van der Waals surface area contributed by atoms with Crippen molar-refractivity contribution >= 4 is 18.1 Å². The molecule has 0 fully saturated rings. The second kappa shape index (κ2) is 10.9. The lowest BCUT2D eigenvalue weighted by Gasteiger charge is -2.23. The molecule has 1 aromatic carbocycles. The van der Waals surface area contributed by atoms with E-state index in [9.17, 15) is 23.1 Å². The van der Waals surface area contributed by atoms with Crippen molar-refractivity contribution in [3.63, 3.8) is 0 Å². The summed E-state index contributed by atoms with van der Waals surface area (Å²) >= 11 is 0. The number of aliphatic hydroxyl groups excluding tert-OH is 1. The lowest BCUT2D eigenvalue weighted by molar-refractivity contribution is -0.104. The number of benzene rings is 1. The van der Waals surface area contributed by atoms with Crippen LogP contribution in [0.3, 0.4) is 0 Å². The van der Waals surface area contributed by atoms with E-state index in [0.29, 0.717) is 19.2 Å². The molecule has 0 heterocycles. The van der Waals surface area contributed by atoms with Gasteiger partial charge in [0, 0.05) is 44.9 Å². The number of carbonyl (C=O) groups is 1. The van der Waals surface area contributed by atoms with Gasteiger partial charge < -0.3 is 21.1 Å². The molecule has 0 aliphatic rings. The number of hydrogen-bond acceptors (Lipinski definition) is 5. The first-order valence-corrected chi connectivity index (χ1v) is 9.59. The number of aliphatic hydroxyl groups is 1. The number of carbonyl (C=O) groups excluding carboxylic acids is 1. The molecular weight excluding hydrogens is 411 g/mol. The number of aliphatic imine (C=N–C) groups is 2. The first-order valence-electron chi connectivity index (χ1n) is 9.59. The Morgan fingerprint density at radius 3 is 2.35 bits per heavy atom. The van der Waals surface area contributed by atoms with Gasteiger partial charge in [0.2, 0.25) is 0 Å². The molecule has 1 aromatic rings. The van der Waals surface area contributed by atoms with Crippen LogP contribution in [0.1, 0.15) is 37.9 Å². The largest absolute Gasteiger partial charge is 0.399 e. The fourth-order valence-electron chi connectivity index (χ4n) is 2.77. The van der Waals surface area contributed by atoms with E-state index in [1.165, 1.54) is 13.1 Å². The van der Waals surface area contributed by atoms with Crippen LogP contribution in [0.5, 0.6) is 0 Å². The minimum atomic E-state index is -3.19. The number of rotatable bonds is 7. The monoisotopic (exact) mass is 441 g/mol. The van der Waals surface area contributed by atoms with E-state index in [2.05, 4.69) is 15.3 Å². The molecule has 172 valence electrons. The van der Waals surface area contributed by atoms with Gasteiger partial charge in [-0.15, -0.1) is 0 Å². The predicted molar refractivity (Wildman–Crippen MR) is 116 cm³/mol. The Morgan fingerprint density at radius 1 is 1.35 bits per heavy atom. The zero-order valence-electron chi connectivity index (χ0n) is 18.6. The van der Waals surface area contributed by atoms with Gasteiger partial charge in [0.15, 0.2) is 12.2 Å². The van der Waals surface area contributed by atoms with E-state index >= 15 is 0 Å². The third kappa shape index (κ3) is 6.81. The van der Waals surface area contributed by atoms with E-state index in [0.717, 1.165) is 12.1 Å². The zero-order chi connectivity index (χ0) is 23.9. The second-order valence-electron chi connectivity index (χ2n) is 7.57. The number of alkyl halides is 2. The highest BCUT2D eigenvalue weighted by Gasteiger charge is 2.28. The molecule has 0 spiro atoms. The Kier molecular flexibility index (Phi) is 9.23. The van der Waals surface area contributed by atoms with Crippen LogP contribution < -0.4 is 11.1 Å². The average Bonchev–Trinajstić information content (AvgIpc) is 2.68. The lowest BCUT2D eigenvalue weighted by atomic mass is 9.94. The van der Waals surface area contributed by atoms with Gasteiger partial charge in [0.25, 0.3) is 5.92 Å². The number of hydrogen-bond donors (Lipinski definition) is 3. The molecule has 0 aliphatic carbocycles. The van der Waals surface area contributed by atoms with Crippen molar-refractivity contribution in [2.24, 2.45) is 21.6 Å². The van der Waals surface area contributed by atoms with Crippen molar-refractivity contribution in [2.75, 3.05) is 27.7 Å². The van der Waals surface area contributed by atoms with Gasteiger partial charge in [-0.25, -0.2) is 13.2 Å². The highest BCUT2D eigenvalue weighted by Crippen LogP contribution is 2.33. The number of nitrogens with two attached hydrogens (primary N) is 1. The maximum absolute atomic E-state index is 14.8. The molecule has 0 aliphatic heterocycles. The summed E-state index contributed by atoms with van der Waals surface area (Å²) in [5.74, 6) is -4.01. The highest BCUT2D eigenvalue weighted by molar-refractivity contribution is 6.19. The molecule has 0 bridgehead atoms. The van der Waals surface area contributed by atoms with E-state index < -0.39 is 30.0 Å². The first kappa shape index (κ1) is 26.2. The van der Waals surface area contributed by atoms with Gasteiger partial charge in [0.05, 0.1) is 18.2 Å². The fraction of sp³-hybridized carbons (Fsp3) is 0.476. The number of amidine groups is 1. The van der Waals surface area contributed by atoms with E-state index in [4.69, 9.17) is 5.73 Å². The molecule has 0 radical (unpaired) electrons. The number of nitrogens with zero attached hydrogens (tertiary/aromatic N) is 3. The Bertz CT molecular complexity index is 874. The quantitative estimate of drug-likeness (QED) is 0.261. The van der Waals surface area contributed by atoms with Gasteiger partial charge in [-0.1, -0.05) is 26.0 Å². The molecular formula is C21H30F3N5O2. The summed E-state index contributed by atoms with van der Waals surface area (Å²) in [5.41, 5.74) is 5.14. The second-order valence-corrected chi connectivity index (χ2v) is 7.57. The Hall–Kier alpha value is -2.88. The summed E-state index contributed by atoms with van der Waals surface area (Å²) < 4.78 is 41.9. The van der Waals surface area contributed by atoms with Crippen LogP contribution in [0.25, 0.3) is 0 Å². The molecule has 1 rings (SSSR count). The van der Waals surface area contributed by atoms with Crippen molar-refractivity contribution < 1.29 is 23.1 Å². The van der Waals surface area contributed by atoms with Crippen molar-refractivity contribution in [1.82, 2.24) is 10.2 Å². The zero-order valence-corrected chi connectivity index (χ0v) is 18.6. The molecule has 0 amide bonds. The smallest absolute Gasteiger partial charge is 0.270 e. The van der Waals surface area contributed by atoms with Crippen LogP contribution in [0.2, 0.25) is 0 Å². The van der Waals surface area contributed by atoms with E-state index in [1.807, 2.05) is 0 Å². The van der Waals surface area contributed by atoms with E-state index in [-0.39, 0.29) is 28.6 Å².